The van der Waals surface area contributed by atoms with Crippen molar-refractivity contribution in [1.29, 1.82) is 0 Å². The first-order valence-corrected chi connectivity index (χ1v) is 7.84. The average Bonchev–Trinajstić information content (AvgIpc) is 2.94. The molecular weight excluding hydrogens is 393 g/mol. The van der Waals surface area contributed by atoms with Gasteiger partial charge in [0.15, 0.2) is 5.75 Å². The first kappa shape index (κ1) is 17.0. The molecule has 0 bridgehead atoms. The lowest BCUT2D eigenvalue weighted by molar-refractivity contribution is -0.274. The fourth-order valence-electron chi connectivity index (χ4n) is 2.43. The van der Waals surface area contributed by atoms with Crippen LogP contribution in [0.4, 0.5) is 18.9 Å². The van der Waals surface area contributed by atoms with Gasteiger partial charge in [-0.3, -0.25) is 4.68 Å². The van der Waals surface area contributed by atoms with Gasteiger partial charge in [0.25, 0.3) is 0 Å². The van der Waals surface area contributed by atoms with Gasteiger partial charge in [-0.25, -0.2) is 4.98 Å². The van der Waals surface area contributed by atoms with Gasteiger partial charge in [-0.15, -0.1) is 13.2 Å². The lowest BCUT2D eigenvalue weighted by Gasteiger charge is -2.41. The number of anilines is 1. The van der Waals surface area contributed by atoms with Gasteiger partial charge < -0.3 is 14.8 Å². The molecule has 0 aliphatic carbocycles. The molecule has 6 nitrogen and oxygen atoms in total. The fourth-order valence-corrected chi connectivity index (χ4v) is 2.77. The molecule has 130 valence electrons. The zero-order chi connectivity index (χ0) is 17.2. The third-order valence-electron chi connectivity index (χ3n) is 3.60. The van der Waals surface area contributed by atoms with E-state index < -0.39 is 6.36 Å². The number of nitrogens with zero attached hydrogens (tertiary/aromatic N) is 3. The molecule has 1 aliphatic rings. The second-order valence-electron chi connectivity index (χ2n) is 5.63. The monoisotopic (exact) mass is 406 g/mol. The van der Waals surface area contributed by atoms with Crippen molar-refractivity contribution in [3.63, 3.8) is 0 Å². The number of hydrogen-bond acceptors (Lipinski definition) is 5. The van der Waals surface area contributed by atoms with E-state index in [0.717, 1.165) is 0 Å². The number of benzene rings is 1. The van der Waals surface area contributed by atoms with E-state index >= 15 is 0 Å². The Labute approximate surface area is 144 Å². The molecule has 1 saturated heterocycles. The molecule has 24 heavy (non-hydrogen) atoms. The van der Waals surface area contributed by atoms with Crippen molar-refractivity contribution in [3.8, 4) is 5.75 Å². The molecule has 1 aromatic heterocycles. The van der Waals surface area contributed by atoms with Crippen molar-refractivity contribution < 1.29 is 22.6 Å². The molecule has 1 aliphatic heterocycles. The van der Waals surface area contributed by atoms with E-state index in [1.807, 2.05) is 0 Å². The summed E-state index contributed by atoms with van der Waals surface area (Å²) in [6.07, 6.45) is -1.72. The van der Waals surface area contributed by atoms with Crippen LogP contribution in [0.2, 0.25) is 0 Å². The number of alkyl halides is 3. The van der Waals surface area contributed by atoms with Crippen LogP contribution >= 0.6 is 15.9 Å². The normalized spacial score (nSPS) is 16.5. The van der Waals surface area contributed by atoms with Crippen LogP contribution in [0.25, 0.3) is 0 Å². The minimum atomic E-state index is -4.75. The van der Waals surface area contributed by atoms with Crippen LogP contribution < -0.4 is 10.1 Å². The van der Waals surface area contributed by atoms with Crippen molar-refractivity contribution in [1.82, 2.24) is 14.8 Å². The quantitative estimate of drug-likeness (QED) is 0.798. The summed E-state index contributed by atoms with van der Waals surface area (Å²) in [4.78, 5) is 3.89. The second-order valence-corrected chi connectivity index (χ2v) is 6.54. The summed E-state index contributed by atoms with van der Waals surface area (Å²) in [5.74, 6) is -0.284. The first-order chi connectivity index (χ1) is 11.4. The molecule has 1 fully saturated rings. The third kappa shape index (κ3) is 4.18. The van der Waals surface area contributed by atoms with Gasteiger partial charge >= 0.3 is 6.36 Å². The number of hydrogen-bond donors (Lipinski definition) is 1. The molecular formula is C14H14BrF3N4O2. The Morgan fingerprint density at radius 1 is 1.38 bits per heavy atom. The van der Waals surface area contributed by atoms with E-state index in [0.29, 0.717) is 30.8 Å². The average molecular weight is 407 g/mol. The van der Waals surface area contributed by atoms with E-state index in [-0.39, 0.29) is 16.9 Å². The van der Waals surface area contributed by atoms with Crippen LogP contribution in [0.3, 0.4) is 0 Å². The number of ether oxygens (including phenoxy) is 2. The van der Waals surface area contributed by atoms with Crippen LogP contribution in [0.15, 0.2) is 35.3 Å². The van der Waals surface area contributed by atoms with Gasteiger partial charge in [0, 0.05) is 11.0 Å². The molecule has 0 atom stereocenters. The number of rotatable bonds is 6. The molecule has 0 spiro atoms. The Bertz CT molecular complexity index is 690. The summed E-state index contributed by atoms with van der Waals surface area (Å²) in [6.45, 7) is 1.96. The van der Waals surface area contributed by atoms with E-state index in [9.17, 15) is 13.2 Å². The summed E-state index contributed by atoms with van der Waals surface area (Å²) >= 11 is 3.15. The zero-order valence-electron chi connectivity index (χ0n) is 12.4. The lowest BCUT2D eigenvalue weighted by atomic mass is 9.85. The van der Waals surface area contributed by atoms with Crippen molar-refractivity contribution in [2.24, 2.45) is 5.41 Å². The maximum Gasteiger partial charge on any atom is 0.573 e. The highest BCUT2D eigenvalue weighted by molar-refractivity contribution is 9.10. The van der Waals surface area contributed by atoms with Crippen molar-refractivity contribution in [3.05, 3.63) is 35.3 Å². The highest BCUT2D eigenvalue weighted by atomic mass is 79.9. The molecule has 1 aromatic carbocycles. The van der Waals surface area contributed by atoms with Crippen LogP contribution in [0.1, 0.15) is 0 Å². The lowest BCUT2D eigenvalue weighted by Crippen LogP contribution is -2.50. The highest BCUT2D eigenvalue weighted by Crippen LogP contribution is 2.35. The smallest absolute Gasteiger partial charge is 0.404 e. The van der Waals surface area contributed by atoms with Gasteiger partial charge in [0.1, 0.15) is 12.7 Å². The molecule has 0 saturated carbocycles. The van der Waals surface area contributed by atoms with E-state index in [4.69, 9.17) is 4.74 Å². The predicted molar refractivity (Wildman–Crippen MR) is 82.6 cm³/mol. The summed E-state index contributed by atoms with van der Waals surface area (Å²) < 4.78 is 49.2. The Hall–Kier alpha value is -1.81. The number of aromatic nitrogens is 3. The molecule has 2 aromatic rings. The van der Waals surface area contributed by atoms with Gasteiger partial charge in [-0.1, -0.05) is 15.9 Å². The molecule has 3 rings (SSSR count). The Morgan fingerprint density at radius 2 is 2.17 bits per heavy atom. The zero-order valence-corrected chi connectivity index (χ0v) is 14.0. The van der Waals surface area contributed by atoms with E-state index in [1.54, 1.807) is 17.1 Å². The minimum absolute atomic E-state index is 0.254. The van der Waals surface area contributed by atoms with Crippen molar-refractivity contribution in [2.45, 2.75) is 12.9 Å². The maximum absolute atomic E-state index is 12.6. The van der Waals surface area contributed by atoms with Crippen molar-refractivity contribution in [2.75, 3.05) is 25.1 Å². The Morgan fingerprint density at radius 3 is 2.75 bits per heavy atom. The maximum atomic E-state index is 12.6. The van der Waals surface area contributed by atoms with Crippen molar-refractivity contribution >= 4 is 21.6 Å². The largest absolute Gasteiger partial charge is 0.573 e. The first-order valence-electron chi connectivity index (χ1n) is 7.05. The second kappa shape index (κ2) is 6.60. The Balaban J connectivity index is 1.71. The van der Waals surface area contributed by atoms with Crippen LogP contribution in [0.5, 0.6) is 5.75 Å². The topological polar surface area (TPSA) is 61.2 Å². The molecule has 2 heterocycles. The van der Waals surface area contributed by atoms with Gasteiger partial charge in [0.05, 0.1) is 30.9 Å². The molecule has 0 amide bonds. The number of nitrogens with one attached hydrogen (secondary N) is 1. The van der Waals surface area contributed by atoms with Crippen LogP contribution in [0, 0.1) is 5.41 Å². The third-order valence-corrected chi connectivity index (χ3v) is 4.10. The van der Waals surface area contributed by atoms with E-state index in [1.165, 1.54) is 18.5 Å². The standard InChI is InChI=1S/C14H14BrF3N4O2/c15-10-1-2-11(12(3-10)24-14(16,17)18)20-4-13(6-23-7-13)5-22-9-19-8-21-22/h1-3,8-9,20H,4-7H2. The van der Waals surface area contributed by atoms with Gasteiger partial charge in [-0.05, 0) is 18.2 Å². The van der Waals surface area contributed by atoms with E-state index in [2.05, 4.69) is 36.1 Å². The Kier molecular flexibility index (Phi) is 4.68. The summed E-state index contributed by atoms with van der Waals surface area (Å²) in [5, 5.41) is 7.09. The summed E-state index contributed by atoms with van der Waals surface area (Å²) in [7, 11) is 0. The molecule has 10 heteroatoms. The molecule has 1 N–H and O–H groups in total. The number of halogens is 4. The SMILES string of the molecule is FC(F)(F)Oc1cc(Br)ccc1NCC1(Cn2cncn2)COC1. The summed E-state index contributed by atoms with van der Waals surface area (Å²) in [5.41, 5.74) is 0.0106. The predicted octanol–water partition coefficient (Wildman–Crippen LogP) is 3.07. The highest BCUT2D eigenvalue weighted by Gasteiger charge is 2.40. The fraction of sp³-hybridized carbons (Fsp3) is 0.429. The van der Waals surface area contributed by atoms with Crippen LogP contribution in [-0.2, 0) is 11.3 Å². The molecule has 0 radical (unpaired) electrons. The summed E-state index contributed by atoms with van der Waals surface area (Å²) in [6, 6.07) is 4.46. The van der Waals surface area contributed by atoms with Gasteiger partial charge in [0.2, 0.25) is 0 Å². The van der Waals surface area contributed by atoms with Crippen LogP contribution in [-0.4, -0.2) is 40.9 Å². The molecule has 0 unspecified atom stereocenters. The minimum Gasteiger partial charge on any atom is -0.404 e. The van der Waals surface area contributed by atoms with Gasteiger partial charge in [-0.2, -0.15) is 5.10 Å².